The van der Waals surface area contributed by atoms with Crippen molar-refractivity contribution in [3.63, 3.8) is 0 Å². The minimum atomic E-state index is -0.0136. The molecule has 0 fully saturated rings. The standard InChI is InChI=1S/C14H16N4O2/c15-14(18-19)13-9-11(4-7-17-13)10-20-8-5-12-3-1-2-6-16-12/h1-4,6-7,9,19H,5,8,10H2,(H2,15,18). The maximum Gasteiger partial charge on any atom is 0.188 e. The second-order valence-corrected chi connectivity index (χ2v) is 4.16. The molecule has 0 aliphatic rings. The third-order valence-corrected chi connectivity index (χ3v) is 2.69. The normalized spacial score (nSPS) is 11.5. The van der Waals surface area contributed by atoms with Gasteiger partial charge < -0.3 is 15.7 Å². The molecule has 0 spiro atoms. The Hall–Kier alpha value is -2.47. The van der Waals surface area contributed by atoms with Gasteiger partial charge in [-0.3, -0.25) is 9.97 Å². The van der Waals surface area contributed by atoms with Crippen molar-refractivity contribution in [2.45, 2.75) is 13.0 Å². The van der Waals surface area contributed by atoms with Crippen molar-refractivity contribution >= 4 is 5.84 Å². The first kappa shape index (κ1) is 14.0. The summed E-state index contributed by atoms with van der Waals surface area (Å²) in [6.07, 6.45) is 4.13. The van der Waals surface area contributed by atoms with E-state index in [-0.39, 0.29) is 5.84 Å². The molecule has 3 N–H and O–H groups in total. The third kappa shape index (κ3) is 4.03. The molecule has 0 bridgehead atoms. The molecule has 0 amide bonds. The van der Waals surface area contributed by atoms with Crippen LogP contribution in [0.25, 0.3) is 0 Å². The number of hydrogen-bond acceptors (Lipinski definition) is 5. The molecule has 2 heterocycles. The molecule has 0 aliphatic carbocycles. The Morgan fingerprint density at radius 1 is 1.25 bits per heavy atom. The van der Waals surface area contributed by atoms with E-state index in [1.807, 2.05) is 24.3 Å². The number of oxime groups is 1. The van der Waals surface area contributed by atoms with Crippen LogP contribution in [0.4, 0.5) is 0 Å². The van der Waals surface area contributed by atoms with Gasteiger partial charge in [0.1, 0.15) is 5.69 Å². The van der Waals surface area contributed by atoms with E-state index in [0.717, 1.165) is 17.7 Å². The molecule has 104 valence electrons. The first-order valence-electron chi connectivity index (χ1n) is 6.20. The summed E-state index contributed by atoms with van der Waals surface area (Å²) in [6, 6.07) is 9.36. The largest absolute Gasteiger partial charge is 0.409 e. The van der Waals surface area contributed by atoms with E-state index in [0.29, 0.717) is 18.9 Å². The summed E-state index contributed by atoms with van der Waals surface area (Å²) in [4.78, 5) is 8.23. The molecule has 6 heteroatoms. The lowest BCUT2D eigenvalue weighted by Crippen LogP contribution is -2.15. The minimum absolute atomic E-state index is 0.0136. The van der Waals surface area contributed by atoms with E-state index >= 15 is 0 Å². The first-order chi connectivity index (χ1) is 9.79. The summed E-state index contributed by atoms with van der Waals surface area (Å²) in [5.41, 5.74) is 7.83. The van der Waals surface area contributed by atoms with Crippen LogP contribution < -0.4 is 5.73 Å². The van der Waals surface area contributed by atoms with Gasteiger partial charge in [0, 0.05) is 24.5 Å². The first-order valence-corrected chi connectivity index (χ1v) is 6.20. The SMILES string of the molecule is NC(=NO)c1cc(COCCc2ccccn2)ccn1. The Kier molecular flexibility index (Phi) is 5.02. The zero-order valence-electron chi connectivity index (χ0n) is 10.9. The number of hydrogen-bond donors (Lipinski definition) is 2. The van der Waals surface area contributed by atoms with Gasteiger partial charge in [-0.25, -0.2) is 0 Å². The summed E-state index contributed by atoms with van der Waals surface area (Å²) in [7, 11) is 0. The predicted molar refractivity (Wildman–Crippen MR) is 74.3 cm³/mol. The maximum absolute atomic E-state index is 8.60. The molecule has 0 saturated heterocycles. The van der Waals surface area contributed by atoms with E-state index in [2.05, 4.69) is 15.1 Å². The van der Waals surface area contributed by atoms with Gasteiger partial charge in [0.15, 0.2) is 5.84 Å². The molecular weight excluding hydrogens is 256 g/mol. The number of aromatic nitrogens is 2. The molecule has 0 aliphatic heterocycles. The highest BCUT2D eigenvalue weighted by atomic mass is 16.5. The highest BCUT2D eigenvalue weighted by molar-refractivity contribution is 5.95. The van der Waals surface area contributed by atoms with Crippen LogP contribution in [-0.4, -0.2) is 27.6 Å². The fourth-order valence-electron chi connectivity index (χ4n) is 1.67. The van der Waals surface area contributed by atoms with Gasteiger partial charge >= 0.3 is 0 Å². The lowest BCUT2D eigenvalue weighted by Gasteiger charge is -2.05. The zero-order chi connectivity index (χ0) is 14.2. The molecule has 0 aromatic carbocycles. The smallest absolute Gasteiger partial charge is 0.188 e. The Morgan fingerprint density at radius 2 is 2.15 bits per heavy atom. The van der Waals surface area contributed by atoms with Gasteiger partial charge in [-0.2, -0.15) is 0 Å². The molecule has 0 saturated carbocycles. The summed E-state index contributed by atoms with van der Waals surface area (Å²) >= 11 is 0. The van der Waals surface area contributed by atoms with Gasteiger partial charge in [-0.15, -0.1) is 0 Å². The lowest BCUT2D eigenvalue weighted by atomic mass is 10.2. The fraction of sp³-hybridized carbons (Fsp3) is 0.214. The minimum Gasteiger partial charge on any atom is -0.409 e. The van der Waals surface area contributed by atoms with Crippen LogP contribution in [0.15, 0.2) is 47.9 Å². The van der Waals surface area contributed by atoms with Crippen molar-refractivity contribution < 1.29 is 9.94 Å². The van der Waals surface area contributed by atoms with Crippen molar-refractivity contribution in [1.29, 1.82) is 0 Å². The number of nitrogens with two attached hydrogens (primary N) is 1. The quantitative estimate of drug-likeness (QED) is 0.272. The molecule has 0 unspecified atom stereocenters. The monoisotopic (exact) mass is 272 g/mol. The molecule has 2 rings (SSSR count). The molecule has 0 atom stereocenters. The van der Waals surface area contributed by atoms with Gasteiger partial charge in [-0.05, 0) is 29.8 Å². The maximum atomic E-state index is 8.60. The molecule has 6 nitrogen and oxygen atoms in total. The van der Waals surface area contributed by atoms with Crippen molar-refractivity contribution in [3.05, 3.63) is 59.7 Å². The van der Waals surface area contributed by atoms with Crippen molar-refractivity contribution in [3.8, 4) is 0 Å². The van der Waals surface area contributed by atoms with Crippen LogP contribution in [0.5, 0.6) is 0 Å². The van der Waals surface area contributed by atoms with Gasteiger partial charge in [0.25, 0.3) is 0 Å². The van der Waals surface area contributed by atoms with Crippen LogP contribution in [0, 0.1) is 0 Å². The Balaban J connectivity index is 1.82. The third-order valence-electron chi connectivity index (χ3n) is 2.69. The highest BCUT2D eigenvalue weighted by Crippen LogP contribution is 2.04. The van der Waals surface area contributed by atoms with E-state index in [1.54, 1.807) is 18.5 Å². The van der Waals surface area contributed by atoms with E-state index in [9.17, 15) is 0 Å². The second-order valence-electron chi connectivity index (χ2n) is 4.16. The average molecular weight is 272 g/mol. The van der Waals surface area contributed by atoms with Gasteiger partial charge in [0.05, 0.1) is 13.2 Å². The summed E-state index contributed by atoms with van der Waals surface area (Å²) in [6.45, 7) is 1.03. The molecule has 2 aromatic heterocycles. The zero-order valence-corrected chi connectivity index (χ0v) is 10.9. The number of amidine groups is 1. The Labute approximate surface area is 116 Å². The Morgan fingerprint density at radius 3 is 2.90 bits per heavy atom. The summed E-state index contributed by atoms with van der Waals surface area (Å²) in [5, 5.41) is 11.5. The van der Waals surface area contributed by atoms with E-state index < -0.39 is 0 Å². The van der Waals surface area contributed by atoms with Crippen LogP contribution in [-0.2, 0) is 17.8 Å². The Bertz CT molecular complexity index is 572. The second kappa shape index (κ2) is 7.20. The number of ether oxygens (including phenoxy) is 1. The van der Waals surface area contributed by atoms with Crippen LogP contribution in [0.3, 0.4) is 0 Å². The summed E-state index contributed by atoms with van der Waals surface area (Å²) in [5.74, 6) is -0.0136. The lowest BCUT2D eigenvalue weighted by molar-refractivity contribution is 0.123. The van der Waals surface area contributed by atoms with E-state index in [4.69, 9.17) is 15.7 Å². The van der Waals surface area contributed by atoms with Crippen molar-refractivity contribution in [2.24, 2.45) is 10.9 Å². The molecule has 20 heavy (non-hydrogen) atoms. The van der Waals surface area contributed by atoms with Gasteiger partial charge in [0.2, 0.25) is 0 Å². The topological polar surface area (TPSA) is 93.6 Å². The van der Waals surface area contributed by atoms with Crippen molar-refractivity contribution in [2.75, 3.05) is 6.61 Å². The van der Waals surface area contributed by atoms with Crippen LogP contribution in [0.1, 0.15) is 17.0 Å². The molecule has 0 radical (unpaired) electrons. The predicted octanol–water partition coefficient (Wildman–Crippen LogP) is 1.33. The highest BCUT2D eigenvalue weighted by Gasteiger charge is 2.02. The number of nitrogens with zero attached hydrogens (tertiary/aromatic N) is 3. The number of rotatable bonds is 6. The molecule has 2 aromatic rings. The summed E-state index contributed by atoms with van der Waals surface area (Å²) < 4.78 is 5.58. The van der Waals surface area contributed by atoms with Crippen molar-refractivity contribution in [1.82, 2.24) is 9.97 Å². The number of pyridine rings is 2. The van der Waals surface area contributed by atoms with E-state index in [1.165, 1.54) is 0 Å². The molecular formula is C14H16N4O2. The van der Waals surface area contributed by atoms with Gasteiger partial charge in [-0.1, -0.05) is 11.2 Å². The van der Waals surface area contributed by atoms with Crippen LogP contribution in [0.2, 0.25) is 0 Å². The average Bonchev–Trinajstić information content (AvgIpc) is 2.52. The fourth-order valence-corrected chi connectivity index (χ4v) is 1.67. The van der Waals surface area contributed by atoms with Crippen LogP contribution >= 0.6 is 0 Å².